The van der Waals surface area contributed by atoms with Crippen LogP contribution in [0.3, 0.4) is 0 Å². The van der Waals surface area contributed by atoms with Gasteiger partial charge in [0, 0.05) is 55.2 Å². The number of halogens is 1. The standard InChI is InChI=1S/C20H25ClN4O/c1-15(2)14-23-20(26)16-6-7-22-19(12-16)25-10-8-24(9-11-25)18-5-3-4-17(21)13-18/h3-7,12-13,15H,8-11,14H2,1-2H3,(H,23,26). The van der Waals surface area contributed by atoms with Crippen molar-refractivity contribution in [1.82, 2.24) is 10.3 Å². The Morgan fingerprint density at radius 1 is 1.15 bits per heavy atom. The van der Waals surface area contributed by atoms with Gasteiger partial charge in [0.25, 0.3) is 5.91 Å². The number of carbonyl (C=O) groups excluding carboxylic acids is 1. The summed E-state index contributed by atoms with van der Waals surface area (Å²) in [6.45, 7) is 8.34. The fourth-order valence-corrected chi connectivity index (χ4v) is 3.18. The summed E-state index contributed by atoms with van der Waals surface area (Å²) in [6.07, 6.45) is 1.71. The first-order chi connectivity index (χ1) is 12.5. The largest absolute Gasteiger partial charge is 0.368 e. The SMILES string of the molecule is CC(C)CNC(=O)c1ccnc(N2CCN(c3cccc(Cl)c3)CC2)c1. The number of nitrogens with one attached hydrogen (secondary N) is 1. The van der Waals surface area contributed by atoms with Crippen molar-refractivity contribution in [2.75, 3.05) is 42.5 Å². The molecule has 138 valence electrons. The third-order valence-corrected chi connectivity index (χ3v) is 4.69. The number of pyridine rings is 1. The van der Waals surface area contributed by atoms with Crippen LogP contribution in [0.15, 0.2) is 42.6 Å². The summed E-state index contributed by atoms with van der Waals surface area (Å²) >= 11 is 6.10. The number of piperazine rings is 1. The molecule has 0 spiro atoms. The van der Waals surface area contributed by atoms with Crippen molar-refractivity contribution in [3.63, 3.8) is 0 Å². The van der Waals surface area contributed by atoms with E-state index in [2.05, 4.69) is 40.0 Å². The molecule has 0 atom stereocenters. The van der Waals surface area contributed by atoms with Crippen molar-refractivity contribution in [3.05, 3.63) is 53.2 Å². The van der Waals surface area contributed by atoms with E-state index in [-0.39, 0.29) is 5.91 Å². The van der Waals surface area contributed by atoms with Gasteiger partial charge in [0.15, 0.2) is 0 Å². The van der Waals surface area contributed by atoms with Gasteiger partial charge < -0.3 is 15.1 Å². The first kappa shape index (κ1) is 18.5. The average molecular weight is 373 g/mol. The minimum Gasteiger partial charge on any atom is -0.368 e. The highest BCUT2D eigenvalue weighted by Gasteiger charge is 2.19. The molecule has 1 aliphatic rings. The Bertz CT molecular complexity index is 757. The number of aromatic nitrogens is 1. The summed E-state index contributed by atoms with van der Waals surface area (Å²) in [5, 5.41) is 3.71. The van der Waals surface area contributed by atoms with E-state index in [0.29, 0.717) is 18.0 Å². The van der Waals surface area contributed by atoms with Gasteiger partial charge in [0.1, 0.15) is 5.82 Å². The first-order valence-corrected chi connectivity index (χ1v) is 9.40. The van der Waals surface area contributed by atoms with Crippen LogP contribution >= 0.6 is 11.6 Å². The van der Waals surface area contributed by atoms with Crippen LogP contribution in [0.5, 0.6) is 0 Å². The Morgan fingerprint density at radius 3 is 2.58 bits per heavy atom. The number of hydrogen-bond donors (Lipinski definition) is 1. The molecule has 1 aromatic carbocycles. The lowest BCUT2D eigenvalue weighted by Gasteiger charge is -2.36. The molecule has 1 saturated heterocycles. The predicted molar refractivity (Wildman–Crippen MR) is 107 cm³/mol. The summed E-state index contributed by atoms with van der Waals surface area (Å²) in [5.74, 6) is 1.24. The van der Waals surface area contributed by atoms with Crippen LogP contribution in [-0.4, -0.2) is 43.6 Å². The number of benzene rings is 1. The molecule has 3 rings (SSSR count). The molecule has 6 heteroatoms. The third kappa shape index (κ3) is 4.67. The maximum Gasteiger partial charge on any atom is 0.251 e. The predicted octanol–water partition coefficient (Wildman–Crippen LogP) is 3.45. The molecule has 1 amide bonds. The lowest BCUT2D eigenvalue weighted by atomic mass is 10.2. The van der Waals surface area contributed by atoms with Crippen molar-refractivity contribution in [2.24, 2.45) is 5.92 Å². The molecule has 0 unspecified atom stereocenters. The number of amides is 1. The maximum absolute atomic E-state index is 12.3. The fourth-order valence-electron chi connectivity index (χ4n) is 3.00. The van der Waals surface area contributed by atoms with E-state index < -0.39 is 0 Å². The molecule has 1 fully saturated rings. The van der Waals surface area contributed by atoms with E-state index in [1.54, 1.807) is 12.3 Å². The van der Waals surface area contributed by atoms with Crippen LogP contribution in [0.4, 0.5) is 11.5 Å². The zero-order valence-corrected chi connectivity index (χ0v) is 16.0. The lowest BCUT2D eigenvalue weighted by Crippen LogP contribution is -2.46. The molecular weight excluding hydrogens is 348 g/mol. The van der Waals surface area contributed by atoms with Crippen molar-refractivity contribution >= 4 is 29.0 Å². The highest BCUT2D eigenvalue weighted by atomic mass is 35.5. The van der Waals surface area contributed by atoms with E-state index in [1.807, 2.05) is 24.3 Å². The summed E-state index contributed by atoms with van der Waals surface area (Å²) < 4.78 is 0. The van der Waals surface area contributed by atoms with Crippen molar-refractivity contribution < 1.29 is 4.79 Å². The van der Waals surface area contributed by atoms with E-state index in [9.17, 15) is 4.79 Å². The number of hydrogen-bond acceptors (Lipinski definition) is 4. The summed E-state index contributed by atoms with van der Waals surface area (Å²) in [7, 11) is 0. The Hall–Kier alpha value is -2.27. The Labute approximate surface area is 160 Å². The summed E-state index contributed by atoms with van der Waals surface area (Å²) in [4.78, 5) is 21.3. The second kappa shape index (κ2) is 8.41. The quantitative estimate of drug-likeness (QED) is 0.873. The number of nitrogens with zero attached hydrogens (tertiary/aromatic N) is 3. The molecule has 0 radical (unpaired) electrons. The summed E-state index contributed by atoms with van der Waals surface area (Å²) in [5.41, 5.74) is 1.81. The molecular formula is C20H25ClN4O. The van der Waals surface area contributed by atoms with E-state index in [1.165, 1.54) is 0 Å². The average Bonchev–Trinajstić information content (AvgIpc) is 2.66. The van der Waals surface area contributed by atoms with Crippen molar-refractivity contribution in [3.8, 4) is 0 Å². The fraction of sp³-hybridized carbons (Fsp3) is 0.400. The minimum absolute atomic E-state index is 0.0417. The van der Waals surface area contributed by atoms with Gasteiger partial charge in [-0.1, -0.05) is 31.5 Å². The van der Waals surface area contributed by atoms with Crippen molar-refractivity contribution in [2.45, 2.75) is 13.8 Å². The molecule has 1 aromatic heterocycles. The Morgan fingerprint density at radius 2 is 1.88 bits per heavy atom. The van der Waals surface area contributed by atoms with Gasteiger partial charge in [0.2, 0.25) is 0 Å². The monoisotopic (exact) mass is 372 g/mol. The topological polar surface area (TPSA) is 48.5 Å². The highest BCUT2D eigenvalue weighted by molar-refractivity contribution is 6.30. The van der Waals surface area contributed by atoms with Crippen LogP contribution in [0.25, 0.3) is 0 Å². The maximum atomic E-state index is 12.3. The van der Waals surface area contributed by atoms with Gasteiger partial charge in [0.05, 0.1) is 0 Å². The van der Waals surface area contributed by atoms with E-state index in [0.717, 1.165) is 42.7 Å². The molecule has 0 saturated carbocycles. The Balaban J connectivity index is 1.62. The smallest absolute Gasteiger partial charge is 0.251 e. The number of rotatable bonds is 5. The van der Waals surface area contributed by atoms with E-state index >= 15 is 0 Å². The van der Waals surface area contributed by atoms with Crippen molar-refractivity contribution in [1.29, 1.82) is 0 Å². The van der Waals surface area contributed by atoms with Gasteiger partial charge in [-0.25, -0.2) is 4.98 Å². The third-order valence-electron chi connectivity index (χ3n) is 4.46. The molecule has 1 aliphatic heterocycles. The Kier molecular flexibility index (Phi) is 5.99. The second-order valence-corrected chi connectivity index (χ2v) is 7.40. The van der Waals surface area contributed by atoms with Crippen LogP contribution in [0.2, 0.25) is 5.02 Å². The molecule has 2 heterocycles. The summed E-state index contributed by atoms with van der Waals surface area (Å²) in [6, 6.07) is 11.6. The van der Waals surface area contributed by atoms with Gasteiger partial charge in [-0.3, -0.25) is 4.79 Å². The molecule has 1 N–H and O–H groups in total. The molecule has 2 aromatic rings. The number of anilines is 2. The minimum atomic E-state index is -0.0417. The molecule has 0 aliphatic carbocycles. The molecule has 5 nitrogen and oxygen atoms in total. The zero-order chi connectivity index (χ0) is 18.5. The van der Waals surface area contributed by atoms with Gasteiger partial charge in [-0.2, -0.15) is 0 Å². The zero-order valence-electron chi connectivity index (χ0n) is 15.3. The highest BCUT2D eigenvalue weighted by Crippen LogP contribution is 2.22. The van der Waals surface area contributed by atoms with E-state index in [4.69, 9.17) is 11.6 Å². The van der Waals surface area contributed by atoms with Crippen LogP contribution in [0, 0.1) is 5.92 Å². The second-order valence-electron chi connectivity index (χ2n) is 6.96. The van der Waals surface area contributed by atoms with Crippen LogP contribution < -0.4 is 15.1 Å². The molecule has 26 heavy (non-hydrogen) atoms. The van der Waals surface area contributed by atoms with Crippen LogP contribution in [0.1, 0.15) is 24.2 Å². The first-order valence-electron chi connectivity index (χ1n) is 9.02. The molecule has 0 bridgehead atoms. The van der Waals surface area contributed by atoms with Gasteiger partial charge in [-0.15, -0.1) is 0 Å². The van der Waals surface area contributed by atoms with Crippen LogP contribution in [-0.2, 0) is 0 Å². The van der Waals surface area contributed by atoms with Gasteiger partial charge >= 0.3 is 0 Å². The number of carbonyl (C=O) groups is 1. The lowest BCUT2D eigenvalue weighted by molar-refractivity contribution is 0.0949. The van der Waals surface area contributed by atoms with Gasteiger partial charge in [-0.05, 0) is 36.2 Å². The normalized spacial score (nSPS) is 14.6.